The maximum atomic E-state index is 14.4. The van der Waals surface area contributed by atoms with Crippen molar-refractivity contribution in [3.63, 3.8) is 0 Å². The third-order valence-electron chi connectivity index (χ3n) is 8.44. The summed E-state index contributed by atoms with van der Waals surface area (Å²) in [7, 11) is 2.17. The topological polar surface area (TPSA) is 85.4 Å². The van der Waals surface area contributed by atoms with Crippen LogP contribution in [0.1, 0.15) is 57.8 Å². The Morgan fingerprint density at radius 3 is 2.54 bits per heavy atom. The number of pyridine rings is 1. The quantitative estimate of drug-likeness (QED) is 0.281. The van der Waals surface area contributed by atoms with Gasteiger partial charge in [0.05, 0.1) is 16.7 Å². The Kier molecular flexibility index (Phi) is 6.27. The SMILES string of the molecule is CN1CCC(c2ccc(-c3ccc4c(n3)C(=O)N([C@H](c3nc5ccccc5[nH]3)c3cc(F)ccc3O)C4)cc2)CC1. The lowest BCUT2D eigenvalue weighted by atomic mass is 9.89. The summed E-state index contributed by atoms with van der Waals surface area (Å²) in [4.78, 5) is 30.7. The smallest absolute Gasteiger partial charge is 0.274 e. The summed E-state index contributed by atoms with van der Waals surface area (Å²) in [5.74, 6) is 0.0980. The van der Waals surface area contributed by atoms with E-state index in [1.807, 2.05) is 36.4 Å². The van der Waals surface area contributed by atoms with E-state index >= 15 is 0 Å². The molecule has 0 bridgehead atoms. The van der Waals surface area contributed by atoms with Crippen molar-refractivity contribution in [2.75, 3.05) is 20.1 Å². The number of rotatable bonds is 5. The molecule has 2 aliphatic heterocycles. The fraction of sp³-hybridized carbons (Fsp3) is 0.242. The zero-order valence-corrected chi connectivity index (χ0v) is 22.7. The van der Waals surface area contributed by atoms with Gasteiger partial charge in [0.25, 0.3) is 5.91 Å². The Hall–Kier alpha value is -4.56. The van der Waals surface area contributed by atoms with E-state index in [9.17, 15) is 14.3 Å². The Bertz CT molecular complexity index is 1720. The van der Waals surface area contributed by atoms with Crippen LogP contribution < -0.4 is 0 Å². The second kappa shape index (κ2) is 10.1. The Morgan fingerprint density at radius 2 is 1.76 bits per heavy atom. The number of phenols is 1. The van der Waals surface area contributed by atoms with Gasteiger partial charge in [0, 0.05) is 23.2 Å². The van der Waals surface area contributed by atoms with Crippen LogP contribution in [-0.2, 0) is 6.54 Å². The molecule has 1 fully saturated rings. The Labute approximate surface area is 237 Å². The number of aromatic hydroxyl groups is 1. The molecule has 7 nitrogen and oxygen atoms in total. The molecule has 0 spiro atoms. The van der Waals surface area contributed by atoms with Gasteiger partial charge in [0.2, 0.25) is 0 Å². The van der Waals surface area contributed by atoms with E-state index in [1.54, 1.807) is 4.90 Å². The number of carbonyl (C=O) groups is 1. The van der Waals surface area contributed by atoms with E-state index in [0.717, 1.165) is 53.8 Å². The number of imidazole rings is 1. The van der Waals surface area contributed by atoms with E-state index in [4.69, 9.17) is 9.97 Å². The third kappa shape index (κ3) is 4.64. The predicted octanol–water partition coefficient (Wildman–Crippen LogP) is 6.02. The number of nitrogens with zero attached hydrogens (tertiary/aromatic N) is 4. The summed E-state index contributed by atoms with van der Waals surface area (Å²) >= 11 is 0. The second-order valence-corrected chi connectivity index (χ2v) is 11.1. The lowest BCUT2D eigenvalue weighted by Gasteiger charge is -2.29. The van der Waals surface area contributed by atoms with Crippen molar-refractivity contribution in [3.05, 3.63) is 113 Å². The number of carbonyl (C=O) groups excluding carboxylic acids is 1. The first-order valence-corrected chi connectivity index (χ1v) is 14.0. The minimum absolute atomic E-state index is 0.112. The van der Waals surface area contributed by atoms with Crippen molar-refractivity contribution in [2.45, 2.75) is 31.3 Å². The largest absolute Gasteiger partial charge is 0.508 e. The molecule has 2 aliphatic rings. The van der Waals surface area contributed by atoms with E-state index in [1.165, 1.54) is 23.8 Å². The van der Waals surface area contributed by atoms with Crippen LogP contribution in [0.3, 0.4) is 0 Å². The van der Waals surface area contributed by atoms with E-state index in [2.05, 4.69) is 41.2 Å². The monoisotopic (exact) mass is 547 g/mol. The molecule has 0 unspecified atom stereocenters. The number of aromatic amines is 1. The highest BCUT2D eigenvalue weighted by Crippen LogP contribution is 2.39. The first-order chi connectivity index (χ1) is 19.9. The maximum Gasteiger partial charge on any atom is 0.274 e. The zero-order chi connectivity index (χ0) is 28.1. The molecule has 8 heteroatoms. The first-order valence-electron chi connectivity index (χ1n) is 14.0. The zero-order valence-electron chi connectivity index (χ0n) is 22.7. The number of phenolic OH excluding ortho intramolecular Hbond substituents is 1. The van der Waals surface area contributed by atoms with Crippen LogP contribution in [0.5, 0.6) is 5.75 Å². The normalized spacial score (nSPS) is 16.8. The number of halogens is 1. The molecule has 4 heterocycles. The molecule has 5 aromatic rings. The van der Waals surface area contributed by atoms with Gasteiger partial charge in [-0.3, -0.25) is 4.79 Å². The molecule has 1 atom stereocenters. The number of para-hydroxylation sites is 2. The fourth-order valence-electron chi connectivity index (χ4n) is 6.14. The molecule has 2 aromatic heterocycles. The van der Waals surface area contributed by atoms with Crippen LogP contribution in [0.25, 0.3) is 22.3 Å². The number of nitrogens with one attached hydrogen (secondary N) is 1. The van der Waals surface area contributed by atoms with Gasteiger partial charge >= 0.3 is 0 Å². The number of amides is 1. The van der Waals surface area contributed by atoms with Crippen LogP contribution in [0, 0.1) is 5.82 Å². The predicted molar refractivity (Wildman–Crippen MR) is 155 cm³/mol. The van der Waals surface area contributed by atoms with Gasteiger partial charge in [-0.15, -0.1) is 0 Å². The summed E-state index contributed by atoms with van der Waals surface area (Å²) in [6.07, 6.45) is 2.31. The number of H-pyrrole nitrogens is 1. The van der Waals surface area contributed by atoms with E-state index < -0.39 is 11.9 Å². The van der Waals surface area contributed by atoms with Gasteiger partial charge in [0.15, 0.2) is 0 Å². The highest BCUT2D eigenvalue weighted by Gasteiger charge is 2.38. The van der Waals surface area contributed by atoms with Crippen molar-refractivity contribution >= 4 is 16.9 Å². The molecule has 3 aromatic carbocycles. The molecule has 206 valence electrons. The molecule has 0 radical (unpaired) electrons. The van der Waals surface area contributed by atoms with Crippen LogP contribution in [0.15, 0.2) is 78.9 Å². The molecule has 0 saturated carbocycles. The highest BCUT2D eigenvalue weighted by atomic mass is 19.1. The van der Waals surface area contributed by atoms with Gasteiger partial charge in [-0.25, -0.2) is 14.4 Å². The summed E-state index contributed by atoms with van der Waals surface area (Å²) < 4.78 is 14.4. The summed E-state index contributed by atoms with van der Waals surface area (Å²) in [5.41, 5.74) is 5.92. The molecule has 2 N–H and O–H groups in total. The van der Waals surface area contributed by atoms with Crippen LogP contribution in [0.4, 0.5) is 4.39 Å². The Balaban J connectivity index is 1.22. The molecular formula is C33H30FN5O2. The van der Waals surface area contributed by atoms with Crippen LogP contribution in [0.2, 0.25) is 0 Å². The number of likely N-dealkylation sites (tertiary alicyclic amines) is 1. The summed E-state index contributed by atoms with van der Waals surface area (Å²) in [6, 6.07) is 22.8. The number of piperidine rings is 1. The van der Waals surface area contributed by atoms with Gasteiger partial charge in [-0.2, -0.15) is 0 Å². The van der Waals surface area contributed by atoms with Gasteiger partial charge < -0.3 is 19.9 Å². The van der Waals surface area contributed by atoms with Crippen molar-refractivity contribution in [1.29, 1.82) is 0 Å². The number of fused-ring (bicyclic) bond motifs is 2. The van der Waals surface area contributed by atoms with Crippen molar-refractivity contribution < 1.29 is 14.3 Å². The molecule has 1 saturated heterocycles. The lowest BCUT2D eigenvalue weighted by molar-refractivity contribution is 0.0719. The number of hydrogen-bond acceptors (Lipinski definition) is 5. The molecule has 7 rings (SSSR count). The average molecular weight is 548 g/mol. The lowest BCUT2D eigenvalue weighted by Crippen LogP contribution is -2.31. The van der Waals surface area contributed by atoms with Crippen molar-refractivity contribution in [1.82, 2.24) is 24.8 Å². The van der Waals surface area contributed by atoms with Crippen LogP contribution >= 0.6 is 0 Å². The molecule has 41 heavy (non-hydrogen) atoms. The second-order valence-electron chi connectivity index (χ2n) is 11.1. The standard InChI is InChI=1S/C33H30FN5O2/c1-38-16-14-21(15-17-38)20-6-8-22(9-7-20)26-12-10-23-19-39(33(41)30(23)35-26)31(25-18-24(34)11-13-29(25)40)32-36-27-4-2-3-5-28(27)37-32/h2-13,18,21,31,40H,14-17,19H2,1H3,(H,36,37)/t31-/m0/s1. The number of hydrogen-bond donors (Lipinski definition) is 2. The minimum atomic E-state index is -0.836. The number of aromatic nitrogens is 3. The van der Waals surface area contributed by atoms with Gasteiger partial charge in [0.1, 0.15) is 29.1 Å². The maximum absolute atomic E-state index is 14.4. The third-order valence-corrected chi connectivity index (χ3v) is 8.44. The summed E-state index contributed by atoms with van der Waals surface area (Å²) in [6.45, 7) is 2.48. The van der Waals surface area contributed by atoms with E-state index in [-0.39, 0.29) is 23.8 Å². The number of benzene rings is 3. The fourth-order valence-corrected chi connectivity index (χ4v) is 6.14. The molecule has 0 aliphatic carbocycles. The van der Waals surface area contributed by atoms with Crippen molar-refractivity contribution in [2.24, 2.45) is 0 Å². The highest BCUT2D eigenvalue weighted by molar-refractivity contribution is 5.97. The van der Waals surface area contributed by atoms with Crippen LogP contribution in [-0.4, -0.2) is 55.9 Å². The minimum Gasteiger partial charge on any atom is -0.508 e. The van der Waals surface area contributed by atoms with Gasteiger partial charge in [-0.05, 0) is 80.9 Å². The van der Waals surface area contributed by atoms with E-state index in [0.29, 0.717) is 17.4 Å². The average Bonchev–Trinajstić information content (AvgIpc) is 3.56. The summed E-state index contributed by atoms with van der Waals surface area (Å²) in [5, 5.41) is 10.8. The first kappa shape index (κ1) is 25.4. The Morgan fingerprint density at radius 1 is 0.976 bits per heavy atom. The molecule has 1 amide bonds. The van der Waals surface area contributed by atoms with Gasteiger partial charge in [-0.1, -0.05) is 42.5 Å². The molecular weight excluding hydrogens is 517 g/mol. The van der Waals surface area contributed by atoms with Crippen molar-refractivity contribution in [3.8, 4) is 17.0 Å².